The summed E-state index contributed by atoms with van der Waals surface area (Å²) in [4.78, 5) is 23.8. The minimum Gasteiger partial charge on any atom is -0.497 e. The molecule has 24 heavy (non-hydrogen) atoms. The molecule has 1 N–H and O–H groups in total. The Bertz CT molecular complexity index is 973. The Morgan fingerprint density at radius 1 is 1.00 bits per heavy atom. The Labute approximate surface area is 137 Å². The van der Waals surface area contributed by atoms with Crippen molar-refractivity contribution in [2.45, 2.75) is 0 Å². The highest BCUT2D eigenvalue weighted by molar-refractivity contribution is 5.93. The van der Waals surface area contributed by atoms with Gasteiger partial charge in [0.25, 0.3) is 0 Å². The highest BCUT2D eigenvalue weighted by atomic mass is 16.5. The van der Waals surface area contributed by atoms with Gasteiger partial charge in [-0.25, -0.2) is 4.79 Å². The van der Waals surface area contributed by atoms with Gasteiger partial charge in [0.2, 0.25) is 5.43 Å². The van der Waals surface area contributed by atoms with Crippen LogP contribution in [0.4, 0.5) is 0 Å². The molecule has 0 aliphatic heterocycles. The average Bonchev–Trinajstić information content (AvgIpc) is 2.61. The molecule has 0 aliphatic rings. The van der Waals surface area contributed by atoms with Gasteiger partial charge in [0, 0.05) is 23.3 Å². The normalized spacial score (nSPS) is 10.6. The molecule has 6 nitrogen and oxygen atoms in total. The standard InChI is InChI=1S/C18H15NO5/c1-23-12-5-3-11(4-6-12)19-10-15(18(21)22)17(20)14-8-7-13(24-2)9-16(14)19/h3-10H,1-2H3,(H,21,22). The fourth-order valence-corrected chi connectivity index (χ4v) is 2.54. The number of benzene rings is 2. The zero-order valence-corrected chi connectivity index (χ0v) is 13.1. The summed E-state index contributed by atoms with van der Waals surface area (Å²) in [6.07, 6.45) is 1.33. The lowest BCUT2D eigenvalue weighted by molar-refractivity contribution is 0.0695. The molecule has 3 rings (SSSR count). The molecule has 122 valence electrons. The van der Waals surface area contributed by atoms with Crippen LogP contribution >= 0.6 is 0 Å². The molecule has 2 aromatic carbocycles. The summed E-state index contributed by atoms with van der Waals surface area (Å²) in [5.74, 6) is -0.00708. The fraction of sp³-hybridized carbons (Fsp3) is 0.111. The molecule has 0 unspecified atom stereocenters. The van der Waals surface area contributed by atoms with Crippen LogP contribution in [-0.2, 0) is 0 Å². The van der Waals surface area contributed by atoms with Crippen LogP contribution in [0.1, 0.15) is 10.4 Å². The Morgan fingerprint density at radius 2 is 1.62 bits per heavy atom. The fourth-order valence-electron chi connectivity index (χ4n) is 2.54. The minimum absolute atomic E-state index is 0.288. The third-order valence-electron chi connectivity index (χ3n) is 3.79. The average molecular weight is 325 g/mol. The lowest BCUT2D eigenvalue weighted by Gasteiger charge is -2.14. The van der Waals surface area contributed by atoms with Crippen molar-refractivity contribution < 1.29 is 19.4 Å². The predicted octanol–water partition coefficient (Wildman–Crippen LogP) is 2.71. The number of hydrogen-bond donors (Lipinski definition) is 1. The van der Waals surface area contributed by atoms with E-state index < -0.39 is 11.4 Å². The van der Waals surface area contributed by atoms with Crippen LogP contribution in [0.15, 0.2) is 53.5 Å². The van der Waals surface area contributed by atoms with Gasteiger partial charge < -0.3 is 19.1 Å². The molecule has 1 heterocycles. The van der Waals surface area contributed by atoms with E-state index in [0.29, 0.717) is 28.1 Å². The summed E-state index contributed by atoms with van der Waals surface area (Å²) in [6.45, 7) is 0. The number of carboxylic acids is 1. The molecule has 0 atom stereocenters. The van der Waals surface area contributed by atoms with Crippen LogP contribution in [-0.4, -0.2) is 29.9 Å². The van der Waals surface area contributed by atoms with Gasteiger partial charge in [0.05, 0.1) is 19.7 Å². The molecule has 3 aromatic rings. The maximum Gasteiger partial charge on any atom is 0.341 e. The van der Waals surface area contributed by atoms with Crippen LogP contribution in [0.3, 0.4) is 0 Å². The second kappa shape index (κ2) is 6.08. The summed E-state index contributed by atoms with van der Waals surface area (Å²) in [7, 11) is 3.10. The van der Waals surface area contributed by atoms with Gasteiger partial charge in [-0.3, -0.25) is 4.79 Å². The molecule has 0 spiro atoms. The highest BCUT2D eigenvalue weighted by Crippen LogP contribution is 2.23. The number of carboxylic acid groups (broad SMARTS) is 1. The number of ether oxygens (including phenoxy) is 2. The summed E-state index contributed by atoms with van der Waals surface area (Å²) in [5, 5.41) is 9.63. The van der Waals surface area contributed by atoms with Gasteiger partial charge >= 0.3 is 5.97 Å². The molecular formula is C18H15NO5. The quantitative estimate of drug-likeness (QED) is 0.798. The number of methoxy groups -OCH3 is 2. The highest BCUT2D eigenvalue weighted by Gasteiger charge is 2.16. The summed E-state index contributed by atoms with van der Waals surface area (Å²) in [5.41, 5.74) is 0.458. The van der Waals surface area contributed by atoms with Crippen LogP contribution in [0.5, 0.6) is 11.5 Å². The molecule has 0 saturated heterocycles. The number of carbonyl (C=O) groups is 1. The van der Waals surface area contributed by atoms with E-state index in [0.717, 1.165) is 0 Å². The second-order valence-electron chi connectivity index (χ2n) is 5.13. The number of nitrogens with zero attached hydrogens (tertiary/aromatic N) is 1. The Kier molecular flexibility index (Phi) is 3.95. The zero-order chi connectivity index (χ0) is 17.3. The Morgan fingerprint density at radius 3 is 2.21 bits per heavy atom. The van der Waals surface area contributed by atoms with E-state index in [4.69, 9.17) is 9.47 Å². The predicted molar refractivity (Wildman–Crippen MR) is 89.6 cm³/mol. The lowest BCUT2D eigenvalue weighted by atomic mass is 10.1. The monoisotopic (exact) mass is 325 g/mol. The SMILES string of the molecule is COc1ccc(-n2cc(C(=O)O)c(=O)c3ccc(OC)cc32)cc1. The second-order valence-corrected chi connectivity index (χ2v) is 5.13. The van der Waals surface area contributed by atoms with Crippen molar-refractivity contribution in [2.75, 3.05) is 14.2 Å². The summed E-state index contributed by atoms with van der Waals surface area (Å²) < 4.78 is 12.0. The van der Waals surface area contributed by atoms with E-state index in [1.807, 2.05) is 0 Å². The molecule has 0 aliphatic carbocycles. The van der Waals surface area contributed by atoms with Crippen molar-refractivity contribution in [1.29, 1.82) is 0 Å². The number of rotatable bonds is 4. The van der Waals surface area contributed by atoms with Crippen LogP contribution < -0.4 is 14.9 Å². The van der Waals surface area contributed by atoms with Gasteiger partial charge in [-0.05, 0) is 36.4 Å². The summed E-state index contributed by atoms with van der Waals surface area (Å²) in [6, 6.07) is 12.0. The molecule has 1 aromatic heterocycles. The van der Waals surface area contributed by atoms with Gasteiger partial charge in [0.1, 0.15) is 17.1 Å². The molecular weight excluding hydrogens is 310 g/mol. The lowest BCUT2D eigenvalue weighted by Crippen LogP contribution is -2.18. The molecule has 0 bridgehead atoms. The number of pyridine rings is 1. The van der Waals surface area contributed by atoms with Crippen molar-refractivity contribution in [1.82, 2.24) is 4.57 Å². The molecule has 0 amide bonds. The largest absolute Gasteiger partial charge is 0.497 e. The van der Waals surface area contributed by atoms with Crippen LogP contribution in [0.25, 0.3) is 16.6 Å². The van der Waals surface area contributed by atoms with Gasteiger partial charge in [0.15, 0.2) is 0 Å². The van der Waals surface area contributed by atoms with Gasteiger partial charge in [-0.1, -0.05) is 0 Å². The maximum atomic E-state index is 12.4. The Hall–Kier alpha value is -3.28. The molecule has 0 saturated carbocycles. The van der Waals surface area contributed by atoms with E-state index in [2.05, 4.69) is 0 Å². The van der Waals surface area contributed by atoms with E-state index in [1.54, 1.807) is 54.1 Å². The van der Waals surface area contributed by atoms with Crippen LogP contribution in [0, 0.1) is 0 Å². The number of aromatic carboxylic acids is 1. The first kappa shape index (κ1) is 15.6. The van der Waals surface area contributed by atoms with Crippen molar-refractivity contribution >= 4 is 16.9 Å². The first-order chi connectivity index (χ1) is 11.5. The number of fused-ring (bicyclic) bond motifs is 1. The first-order valence-corrected chi connectivity index (χ1v) is 7.16. The van der Waals surface area contributed by atoms with Crippen molar-refractivity contribution in [3.8, 4) is 17.2 Å². The topological polar surface area (TPSA) is 77.8 Å². The van der Waals surface area contributed by atoms with E-state index in [9.17, 15) is 14.7 Å². The molecule has 6 heteroatoms. The first-order valence-electron chi connectivity index (χ1n) is 7.16. The third kappa shape index (κ3) is 2.58. The smallest absolute Gasteiger partial charge is 0.341 e. The van der Waals surface area contributed by atoms with E-state index in [1.165, 1.54) is 13.3 Å². The Balaban J connectivity index is 2.36. The van der Waals surface area contributed by atoms with Crippen LogP contribution in [0.2, 0.25) is 0 Å². The van der Waals surface area contributed by atoms with E-state index in [-0.39, 0.29) is 5.56 Å². The number of hydrogen-bond acceptors (Lipinski definition) is 4. The van der Waals surface area contributed by atoms with Crippen molar-refractivity contribution in [3.63, 3.8) is 0 Å². The maximum absolute atomic E-state index is 12.4. The molecule has 0 fully saturated rings. The van der Waals surface area contributed by atoms with Gasteiger partial charge in [-0.2, -0.15) is 0 Å². The minimum atomic E-state index is -1.26. The zero-order valence-electron chi connectivity index (χ0n) is 13.1. The van der Waals surface area contributed by atoms with Crippen molar-refractivity contribution in [3.05, 3.63) is 64.4 Å². The summed E-state index contributed by atoms with van der Waals surface area (Å²) >= 11 is 0. The molecule has 0 radical (unpaired) electrons. The third-order valence-corrected chi connectivity index (χ3v) is 3.79. The number of aromatic nitrogens is 1. The van der Waals surface area contributed by atoms with E-state index >= 15 is 0 Å². The van der Waals surface area contributed by atoms with Gasteiger partial charge in [-0.15, -0.1) is 0 Å². The van der Waals surface area contributed by atoms with Crippen molar-refractivity contribution in [2.24, 2.45) is 0 Å².